The number of halogens is 2. The summed E-state index contributed by atoms with van der Waals surface area (Å²) >= 11 is 11.9. The molecule has 0 saturated carbocycles. The van der Waals surface area contributed by atoms with Crippen molar-refractivity contribution in [3.05, 3.63) is 26.8 Å². The molecule has 1 N–H and O–H groups in total. The first kappa shape index (κ1) is 12.1. The van der Waals surface area contributed by atoms with Crippen molar-refractivity contribution in [2.24, 2.45) is 0 Å². The molecule has 0 aliphatic rings. The monoisotopic (exact) mass is 341 g/mol. The zero-order chi connectivity index (χ0) is 10.6. The predicted octanol–water partition coefficient (Wildman–Crippen LogP) is 3.20. The summed E-state index contributed by atoms with van der Waals surface area (Å²) in [5.41, 5.74) is 0.793. The molecule has 76 valence electrons. The highest BCUT2D eigenvalue weighted by molar-refractivity contribution is 14.1. The van der Waals surface area contributed by atoms with E-state index in [9.17, 15) is 4.79 Å². The molecule has 0 aliphatic carbocycles. The van der Waals surface area contributed by atoms with Crippen molar-refractivity contribution in [3.63, 3.8) is 0 Å². The van der Waals surface area contributed by atoms with Gasteiger partial charge in [0.05, 0.1) is 5.69 Å². The van der Waals surface area contributed by atoms with Gasteiger partial charge < -0.3 is 5.32 Å². The summed E-state index contributed by atoms with van der Waals surface area (Å²) in [7, 11) is 0. The average molecular weight is 342 g/mol. The van der Waals surface area contributed by atoms with E-state index in [-0.39, 0.29) is 5.91 Å². The Hall–Kier alpha value is 0.0600. The fraction of sp³-hybridized carbons (Fsp3) is 0.222. The molecule has 1 aromatic rings. The number of nitrogens with one attached hydrogen (secondary N) is 1. The normalized spacial score (nSPS) is 9.93. The third-order valence-electron chi connectivity index (χ3n) is 1.54. The van der Waals surface area contributed by atoms with Crippen molar-refractivity contribution >= 4 is 58.4 Å². The molecule has 0 aliphatic heterocycles. The quantitative estimate of drug-likeness (QED) is 0.641. The van der Waals surface area contributed by atoms with Crippen molar-refractivity contribution in [2.45, 2.75) is 6.42 Å². The van der Waals surface area contributed by atoms with Gasteiger partial charge in [-0.15, -0.1) is 0 Å². The minimum absolute atomic E-state index is 0.0276. The predicted molar refractivity (Wildman–Crippen MR) is 71.3 cm³/mol. The van der Waals surface area contributed by atoms with Crippen LogP contribution in [0.1, 0.15) is 6.42 Å². The molecule has 0 spiro atoms. The molecule has 5 heteroatoms. The number of carbonyl (C=O) groups is 1. The second kappa shape index (κ2) is 5.82. The third-order valence-corrected chi connectivity index (χ3v) is 2.90. The molecular weight excluding hydrogens is 333 g/mol. The van der Waals surface area contributed by atoms with E-state index >= 15 is 0 Å². The molecule has 0 saturated heterocycles. The largest absolute Gasteiger partial charge is 0.325 e. The number of rotatable bonds is 3. The first-order chi connectivity index (χ1) is 6.63. The standard InChI is InChI=1S/C9H9ClINOS/c10-6-1-2-8(7(11)5-6)12-9(13)3-4-14/h1-2,5,14H,3-4H2,(H,12,13). The van der Waals surface area contributed by atoms with Crippen LogP contribution in [-0.2, 0) is 4.79 Å². The van der Waals surface area contributed by atoms with Crippen LogP contribution in [0.15, 0.2) is 18.2 Å². The molecule has 1 rings (SSSR count). The van der Waals surface area contributed by atoms with Gasteiger partial charge in [-0.1, -0.05) is 11.6 Å². The van der Waals surface area contributed by atoms with Gasteiger partial charge in [0, 0.05) is 15.0 Å². The smallest absolute Gasteiger partial charge is 0.225 e. The van der Waals surface area contributed by atoms with Crippen molar-refractivity contribution in [2.75, 3.05) is 11.1 Å². The number of amides is 1. The maximum absolute atomic E-state index is 11.3. The average Bonchev–Trinajstić information content (AvgIpc) is 2.10. The van der Waals surface area contributed by atoms with E-state index in [1.165, 1.54) is 0 Å². The van der Waals surface area contributed by atoms with Crippen LogP contribution in [-0.4, -0.2) is 11.7 Å². The number of hydrogen-bond acceptors (Lipinski definition) is 2. The lowest BCUT2D eigenvalue weighted by atomic mass is 10.3. The topological polar surface area (TPSA) is 29.1 Å². The summed E-state index contributed by atoms with van der Waals surface area (Å²) in [6.07, 6.45) is 0.418. The maximum atomic E-state index is 11.3. The van der Waals surface area contributed by atoms with Crippen molar-refractivity contribution in [1.82, 2.24) is 0 Å². The Morgan fingerprint density at radius 3 is 2.86 bits per heavy atom. The number of hydrogen-bond donors (Lipinski definition) is 2. The fourth-order valence-electron chi connectivity index (χ4n) is 0.905. The zero-order valence-electron chi connectivity index (χ0n) is 7.26. The van der Waals surface area contributed by atoms with Gasteiger partial charge in [-0.2, -0.15) is 12.6 Å². The molecular formula is C9H9ClINOS. The van der Waals surface area contributed by atoms with Gasteiger partial charge >= 0.3 is 0 Å². The van der Waals surface area contributed by atoms with Gasteiger partial charge in [0.2, 0.25) is 5.91 Å². The Bertz CT molecular complexity index is 346. The fourth-order valence-corrected chi connectivity index (χ4v) is 2.11. The van der Waals surface area contributed by atoms with Gasteiger partial charge in [0.1, 0.15) is 0 Å². The lowest BCUT2D eigenvalue weighted by molar-refractivity contribution is -0.115. The van der Waals surface area contributed by atoms with E-state index in [2.05, 4.69) is 40.5 Å². The third kappa shape index (κ3) is 3.67. The van der Waals surface area contributed by atoms with Crippen LogP contribution in [0.5, 0.6) is 0 Å². The van der Waals surface area contributed by atoms with Crippen LogP contribution in [0.4, 0.5) is 5.69 Å². The first-order valence-electron chi connectivity index (χ1n) is 3.99. The van der Waals surface area contributed by atoms with Crippen LogP contribution in [0.2, 0.25) is 5.02 Å². The van der Waals surface area contributed by atoms with Crippen molar-refractivity contribution < 1.29 is 4.79 Å². The Balaban J connectivity index is 2.72. The summed E-state index contributed by atoms with van der Waals surface area (Å²) < 4.78 is 0.933. The van der Waals surface area contributed by atoms with Crippen LogP contribution >= 0.6 is 46.8 Å². The molecule has 2 nitrogen and oxygen atoms in total. The van der Waals surface area contributed by atoms with Crippen molar-refractivity contribution in [1.29, 1.82) is 0 Å². The highest BCUT2D eigenvalue weighted by Crippen LogP contribution is 2.22. The Morgan fingerprint density at radius 1 is 1.57 bits per heavy atom. The lowest BCUT2D eigenvalue weighted by Crippen LogP contribution is -2.12. The Morgan fingerprint density at radius 2 is 2.29 bits per heavy atom. The van der Waals surface area contributed by atoms with E-state index in [1.807, 2.05) is 0 Å². The van der Waals surface area contributed by atoms with E-state index in [4.69, 9.17) is 11.6 Å². The molecule has 1 amide bonds. The summed E-state index contributed by atoms with van der Waals surface area (Å²) in [5.74, 6) is 0.524. The molecule has 0 aromatic heterocycles. The van der Waals surface area contributed by atoms with E-state index in [1.54, 1.807) is 18.2 Å². The van der Waals surface area contributed by atoms with E-state index in [0.717, 1.165) is 9.26 Å². The first-order valence-corrected chi connectivity index (χ1v) is 6.08. The molecule has 1 aromatic carbocycles. The summed E-state index contributed by atoms with van der Waals surface area (Å²) in [6, 6.07) is 5.35. The molecule has 0 bridgehead atoms. The number of carbonyl (C=O) groups excluding carboxylic acids is 1. The second-order valence-corrected chi connectivity index (χ2v) is 4.69. The van der Waals surface area contributed by atoms with Crippen LogP contribution in [0.3, 0.4) is 0 Å². The molecule has 0 radical (unpaired) electrons. The molecule has 0 atom stereocenters. The highest BCUT2D eigenvalue weighted by Gasteiger charge is 2.04. The number of thiol groups is 1. The molecule has 0 heterocycles. The zero-order valence-corrected chi connectivity index (χ0v) is 11.1. The molecule has 0 unspecified atom stereocenters. The second-order valence-electron chi connectivity index (χ2n) is 2.65. The van der Waals surface area contributed by atoms with Gasteiger partial charge in [-0.05, 0) is 46.5 Å². The van der Waals surface area contributed by atoms with Gasteiger partial charge in [-0.3, -0.25) is 4.79 Å². The van der Waals surface area contributed by atoms with Crippen LogP contribution in [0, 0.1) is 3.57 Å². The maximum Gasteiger partial charge on any atom is 0.225 e. The number of benzene rings is 1. The van der Waals surface area contributed by atoms with Gasteiger partial charge in [0.25, 0.3) is 0 Å². The summed E-state index contributed by atoms with van der Waals surface area (Å²) in [6.45, 7) is 0. The highest BCUT2D eigenvalue weighted by atomic mass is 127. The molecule has 0 fully saturated rings. The van der Waals surface area contributed by atoms with Gasteiger partial charge in [0.15, 0.2) is 0 Å². The Labute approximate surface area is 107 Å². The lowest BCUT2D eigenvalue weighted by Gasteiger charge is -2.06. The van der Waals surface area contributed by atoms with E-state index < -0.39 is 0 Å². The minimum atomic E-state index is -0.0276. The number of anilines is 1. The minimum Gasteiger partial charge on any atom is -0.325 e. The molecule has 14 heavy (non-hydrogen) atoms. The van der Waals surface area contributed by atoms with Crippen molar-refractivity contribution in [3.8, 4) is 0 Å². The summed E-state index contributed by atoms with van der Waals surface area (Å²) in [5, 5.41) is 3.45. The Kier molecular flexibility index (Phi) is 5.05. The van der Waals surface area contributed by atoms with Crippen LogP contribution < -0.4 is 5.32 Å². The van der Waals surface area contributed by atoms with E-state index in [0.29, 0.717) is 17.2 Å². The van der Waals surface area contributed by atoms with Crippen LogP contribution in [0.25, 0.3) is 0 Å². The summed E-state index contributed by atoms with van der Waals surface area (Å²) in [4.78, 5) is 11.3. The van der Waals surface area contributed by atoms with Gasteiger partial charge in [-0.25, -0.2) is 0 Å². The SMILES string of the molecule is O=C(CCS)Nc1ccc(Cl)cc1I.